The largest absolute Gasteiger partial charge is 0.446 e. The van der Waals surface area contributed by atoms with Gasteiger partial charge < -0.3 is 4.74 Å². The third kappa shape index (κ3) is 8.33. The highest BCUT2D eigenvalue weighted by Gasteiger charge is 2.24. The maximum Gasteiger partial charge on any atom is 0.304 e. The van der Waals surface area contributed by atoms with Crippen LogP contribution in [0.15, 0.2) is 23.8 Å². The van der Waals surface area contributed by atoms with Gasteiger partial charge in [0.2, 0.25) is 0 Å². The minimum absolute atomic E-state index is 0.305. The van der Waals surface area contributed by atoms with Gasteiger partial charge in [-0.1, -0.05) is 30.1 Å². The molecule has 0 radical (unpaired) electrons. The van der Waals surface area contributed by atoms with Crippen LogP contribution >= 0.6 is 0 Å². The predicted octanol–water partition coefficient (Wildman–Crippen LogP) is 3.63. The molecule has 94 valence electrons. The zero-order chi connectivity index (χ0) is 13.5. The van der Waals surface area contributed by atoms with E-state index in [1.54, 1.807) is 0 Å². The van der Waals surface area contributed by atoms with Crippen molar-refractivity contribution in [2.75, 3.05) is 0 Å². The van der Waals surface area contributed by atoms with Crippen LogP contribution in [-0.2, 0) is 9.53 Å². The van der Waals surface area contributed by atoms with Gasteiger partial charge in [-0.2, -0.15) is 0 Å². The van der Waals surface area contributed by atoms with Crippen molar-refractivity contribution in [3.8, 4) is 11.8 Å². The van der Waals surface area contributed by atoms with Crippen LogP contribution in [0.1, 0.15) is 47.5 Å². The Hall–Kier alpha value is -1.49. The normalized spacial score (nSPS) is 12.8. The zero-order valence-corrected chi connectivity index (χ0v) is 11.5. The highest BCUT2D eigenvalue weighted by atomic mass is 16.6. The van der Waals surface area contributed by atoms with E-state index in [1.807, 2.05) is 27.7 Å². The summed E-state index contributed by atoms with van der Waals surface area (Å²) in [6, 6.07) is 0. The molecule has 0 N–H and O–H groups in total. The Bertz CT molecular complexity index is 375. The molecule has 0 aliphatic heterocycles. The lowest BCUT2D eigenvalue weighted by Gasteiger charge is -2.22. The van der Waals surface area contributed by atoms with Gasteiger partial charge in [0.1, 0.15) is 0 Å². The van der Waals surface area contributed by atoms with E-state index in [-0.39, 0.29) is 5.97 Å². The van der Waals surface area contributed by atoms with E-state index >= 15 is 0 Å². The summed E-state index contributed by atoms with van der Waals surface area (Å²) in [5, 5.41) is 0. The number of carbonyl (C=O) groups is 1. The Kier molecular flexibility index (Phi) is 6.35. The summed E-state index contributed by atoms with van der Waals surface area (Å²) in [7, 11) is 0. The molecule has 0 aliphatic carbocycles. The van der Waals surface area contributed by atoms with Gasteiger partial charge in [-0.05, 0) is 39.7 Å². The lowest BCUT2D eigenvalue weighted by molar-refractivity contribution is -0.150. The number of hydrogen-bond acceptors (Lipinski definition) is 2. The predicted molar refractivity (Wildman–Crippen MR) is 71.4 cm³/mol. The maximum absolute atomic E-state index is 11.1. The first kappa shape index (κ1) is 15.5. The number of carbonyl (C=O) groups excluding carboxylic acids is 1. The van der Waals surface area contributed by atoms with Crippen molar-refractivity contribution < 1.29 is 9.53 Å². The number of esters is 1. The van der Waals surface area contributed by atoms with E-state index < -0.39 is 5.60 Å². The molecule has 0 aromatic heterocycles. The molecular formula is C15H22O2. The summed E-state index contributed by atoms with van der Waals surface area (Å²) >= 11 is 0. The molecule has 2 nitrogen and oxygen atoms in total. The maximum atomic E-state index is 11.1. The molecule has 0 heterocycles. The average Bonchev–Trinajstić information content (AvgIpc) is 2.13. The van der Waals surface area contributed by atoms with Crippen LogP contribution in [0.3, 0.4) is 0 Å². The van der Waals surface area contributed by atoms with Crippen LogP contribution in [-0.4, -0.2) is 11.6 Å². The fourth-order valence-electron chi connectivity index (χ4n) is 1.33. The third-order valence-electron chi connectivity index (χ3n) is 2.08. The van der Waals surface area contributed by atoms with Crippen LogP contribution in [0.2, 0.25) is 0 Å². The molecule has 1 atom stereocenters. The molecule has 0 rings (SSSR count). The molecular weight excluding hydrogens is 212 g/mol. The number of hydrogen-bond donors (Lipinski definition) is 0. The number of rotatable bonds is 4. The Morgan fingerprint density at radius 2 is 1.94 bits per heavy atom. The lowest BCUT2D eigenvalue weighted by atomic mass is 9.99. The van der Waals surface area contributed by atoms with Crippen LogP contribution in [0.25, 0.3) is 0 Å². The van der Waals surface area contributed by atoms with Gasteiger partial charge in [0.15, 0.2) is 5.60 Å². The minimum atomic E-state index is -0.725. The van der Waals surface area contributed by atoms with Crippen LogP contribution in [0.5, 0.6) is 0 Å². The second-order valence-corrected chi connectivity index (χ2v) is 4.67. The molecule has 0 aromatic rings. The molecule has 0 saturated carbocycles. The van der Waals surface area contributed by atoms with Crippen LogP contribution < -0.4 is 0 Å². The first-order valence-electron chi connectivity index (χ1n) is 5.77. The average molecular weight is 234 g/mol. The van der Waals surface area contributed by atoms with Gasteiger partial charge in [0.05, 0.1) is 0 Å². The van der Waals surface area contributed by atoms with Crippen molar-refractivity contribution in [2.45, 2.75) is 53.1 Å². The third-order valence-corrected chi connectivity index (χ3v) is 2.08. The molecule has 0 aromatic carbocycles. The second-order valence-electron chi connectivity index (χ2n) is 4.67. The monoisotopic (exact) mass is 234 g/mol. The quantitative estimate of drug-likeness (QED) is 0.422. The first-order valence-corrected chi connectivity index (χ1v) is 5.77. The molecule has 0 bridgehead atoms. The molecule has 0 fully saturated rings. The van der Waals surface area contributed by atoms with Crippen molar-refractivity contribution in [3.05, 3.63) is 23.8 Å². The van der Waals surface area contributed by atoms with Gasteiger partial charge in [-0.25, -0.2) is 0 Å². The first-order chi connectivity index (χ1) is 7.75. The molecule has 0 saturated heterocycles. The molecule has 2 heteroatoms. The number of allylic oxidation sites excluding steroid dienone is 3. The molecule has 1 unspecified atom stereocenters. The smallest absolute Gasteiger partial charge is 0.304 e. The van der Waals surface area contributed by atoms with Crippen molar-refractivity contribution >= 4 is 5.97 Å². The molecule has 0 spiro atoms. The standard InChI is InChI=1S/C15H22O2/c1-12(2)8-7-10-15(6,17-14(5)16)11-9-13(3)4/h8H,3,7,10H2,1-2,4-6H3. The van der Waals surface area contributed by atoms with Gasteiger partial charge >= 0.3 is 5.97 Å². The fourth-order valence-corrected chi connectivity index (χ4v) is 1.33. The summed E-state index contributed by atoms with van der Waals surface area (Å²) < 4.78 is 5.29. The Balaban J connectivity index is 4.74. The van der Waals surface area contributed by atoms with Crippen molar-refractivity contribution in [1.82, 2.24) is 0 Å². The topological polar surface area (TPSA) is 26.3 Å². The van der Waals surface area contributed by atoms with E-state index in [0.717, 1.165) is 12.0 Å². The Morgan fingerprint density at radius 1 is 1.35 bits per heavy atom. The molecule has 0 amide bonds. The lowest BCUT2D eigenvalue weighted by Crippen LogP contribution is -2.29. The highest BCUT2D eigenvalue weighted by molar-refractivity contribution is 5.67. The summed E-state index contributed by atoms with van der Waals surface area (Å²) in [5.41, 5.74) is 1.30. The molecule has 17 heavy (non-hydrogen) atoms. The van der Waals surface area contributed by atoms with Crippen LogP contribution in [0.4, 0.5) is 0 Å². The van der Waals surface area contributed by atoms with Crippen LogP contribution in [0, 0.1) is 11.8 Å². The van der Waals surface area contributed by atoms with E-state index in [2.05, 4.69) is 24.5 Å². The molecule has 0 aliphatic rings. The van der Waals surface area contributed by atoms with Crippen molar-refractivity contribution in [3.63, 3.8) is 0 Å². The van der Waals surface area contributed by atoms with Gasteiger partial charge in [-0.3, -0.25) is 4.79 Å². The summed E-state index contributed by atoms with van der Waals surface area (Å²) in [5.74, 6) is 5.56. The summed E-state index contributed by atoms with van der Waals surface area (Å²) in [4.78, 5) is 11.1. The van der Waals surface area contributed by atoms with Gasteiger partial charge in [-0.15, -0.1) is 0 Å². The van der Waals surface area contributed by atoms with E-state index in [4.69, 9.17) is 4.74 Å². The highest BCUT2D eigenvalue weighted by Crippen LogP contribution is 2.18. The zero-order valence-electron chi connectivity index (χ0n) is 11.5. The minimum Gasteiger partial charge on any atom is -0.446 e. The number of ether oxygens (including phenoxy) is 1. The van der Waals surface area contributed by atoms with E-state index in [0.29, 0.717) is 6.42 Å². The van der Waals surface area contributed by atoms with Gasteiger partial charge in [0.25, 0.3) is 0 Å². The SMILES string of the molecule is C=C(C)C#CC(C)(CCC=C(C)C)OC(C)=O. The van der Waals surface area contributed by atoms with Crippen molar-refractivity contribution in [1.29, 1.82) is 0 Å². The second kappa shape index (κ2) is 6.96. The Labute approximate surface area is 105 Å². The summed E-state index contributed by atoms with van der Waals surface area (Å²) in [6.07, 6.45) is 3.65. The van der Waals surface area contributed by atoms with Crippen molar-refractivity contribution in [2.24, 2.45) is 0 Å². The Morgan fingerprint density at radius 3 is 2.35 bits per heavy atom. The fraction of sp³-hybridized carbons (Fsp3) is 0.533. The van der Waals surface area contributed by atoms with E-state index in [1.165, 1.54) is 12.5 Å². The van der Waals surface area contributed by atoms with E-state index in [9.17, 15) is 4.79 Å². The van der Waals surface area contributed by atoms with Gasteiger partial charge in [0, 0.05) is 13.3 Å². The summed E-state index contributed by atoms with van der Waals surface area (Å²) in [6.45, 7) is 12.9.